The van der Waals surface area contributed by atoms with E-state index in [1.165, 1.54) is 16.8 Å². The fourth-order valence-electron chi connectivity index (χ4n) is 2.68. The molecule has 1 aliphatic rings. The monoisotopic (exact) mass is 218 g/mol. The topological polar surface area (TPSA) is 29.3 Å². The maximum atomic E-state index is 6.17. The summed E-state index contributed by atoms with van der Waals surface area (Å²) in [6, 6.07) is 7.00. The van der Waals surface area contributed by atoms with E-state index in [4.69, 9.17) is 5.73 Å². The first-order chi connectivity index (χ1) is 7.41. The third kappa shape index (κ3) is 1.82. The van der Waals surface area contributed by atoms with E-state index in [2.05, 4.69) is 50.8 Å². The number of rotatable bonds is 1. The number of benzene rings is 1. The van der Waals surface area contributed by atoms with Crippen LogP contribution >= 0.6 is 0 Å². The van der Waals surface area contributed by atoms with Crippen LogP contribution in [0.25, 0.3) is 0 Å². The lowest BCUT2D eigenvalue weighted by Gasteiger charge is -2.36. The Morgan fingerprint density at radius 2 is 1.75 bits per heavy atom. The van der Waals surface area contributed by atoms with E-state index in [0.717, 1.165) is 13.0 Å². The summed E-state index contributed by atoms with van der Waals surface area (Å²) in [4.78, 5) is 2.44. The number of aryl methyl sites for hydroxylation is 2. The number of hydrogen-bond donors (Lipinski definition) is 1. The van der Waals surface area contributed by atoms with Gasteiger partial charge in [-0.1, -0.05) is 6.07 Å². The highest BCUT2D eigenvalue weighted by Gasteiger charge is 2.39. The van der Waals surface area contributed by atoms with Gasteiger partial charge in [-0.2, -0.15) is 0 Å². The van der Waals surface area contributed by atoms with Gasteiger partial charge in [0.15, 0.2) is 0 Å². The lowest BCUT2D eigenvalue weighted by Crippen LogP contribution is -2.48. The SMILES string of the molecule is Cc1cc(C)cc(N2CCC(N)C2(C)C)c1. The fourth-order valence-corrected chi connectivity index (χ4v) is 2.68. The van der Waals surface area contributed by atoms with Gasteiger partial charge in [0, 0.05) is 23.8 Å². The summed E-state index contributed by atoms with van der Waals surface area (Å²) in [5.74, 6) is 0. The minimum absolute atomic E-state index is 0.0697. The van der Waals surface area contributed by atoms with E-state index in [1.807, 2.05) is 0 Å². The van der Waals surface area contributed by atoms with Gasteiger partial charge in [0.25, 0.3) is 0 Å². The summed E-state index contributed by atoms with van der Waals surface area (Å²) in [6.45, 7) is 9.85. The summed E-state index contributed by atoms with van der Waals surface area (Å²) >= 11 is 0. The number of hydrogen-bond acceptors (Lipinski definition) is 2. The summed E-state index contributed by atoms with van der Waals surface area (Å²) in [5, 5.41) is 0. The molecule has 0 amide bonds. The highest BCUT2D eigenvalue weighted by molar-refractivity contribution is 5.54. The largest absolute Gasteiger partial charge is 0.365 e. The molecular weight excluding hydrogens is 196 g/mol. The lowest BCUT2D eigenvalue weighted by molar-refractivity contribution is 0.453. The number of anilines is 1. The zero-order valence-corrected chi connectivity index (χ0v) is 10.7. The van der Waals surface area contributed by atoms with Crippen LogP contribution in [0.2, 0.25) is 0 Å². The van der Waals surface area contributed by atoms with Crippen LogP contribution in [0.15, 0.2) is 18.2 Å². The molecule has 0 aliphatic carbocycles. The molecule has 88 valence electrons. The Labute approximate surface area is 98.4 Å². The first-order valence-electron chi connectivity index (χ1n) is 6.03. The van der Waals surface area contributed by atoms with Crippen molar-refractivity contribution in [1.29, 1.82) is 0 Å². The van der Waals surface area contributed by atoms with Crippen LogP contribution in [0.3, 0.4) is 0 Å². The van der Waals surface area contributed by atoms with Gasteiger partial charge in [-0.25, -0.2) is 0 Å². The van der Waals surface area contributed by atoms with Crippen molar-refractivity contribution in [2.24, 2.45) is 5.73 Å². The maximum absolute atomic E-state index is 6.17. The van der Waals surface area contributed by atoms with E-state index in [1.54, 1.807) is 0 Å². The highest BCUT2D eigenvalue weighted by atomic mass is 15.2. The molecule has 2 N–H and O–H groups in total. The van der Waals surface area contributed by atoms with Gasteiger partial charge < -0.3 is 10.6 Å². The van der Waals surface area contributed by atoms with Gasteiger partial charge in [0.1, 0.15) is 0 Å². The first kappa shape index (κ1) is 11.5. The molecule has 2 rings (SSSR count). The third-order valence-electron chi connectivity index (χ3n) is 3.78. The summed E-state index contributed by atoms with van der Waals surface area (Å²) in [5.41, 5.74) is 10.2. The van der Waals surface area contributed by atoms with Crippen molar-refractivity contribution >= 4 is 5.69 Å². The summed E-state index contributed by atoms with van der Waals surface area (Å²) in [6.07, 6.45) is 1.08. The average Bonchev–Trinajstić information content (AvgIpc) is 2.40. The predicted molar refractivity (Wildman–Crippen MR) is 69.9 cm³/mol. The van der Waals surface area contributed by atoms with Crippen molar-refractivity contribution in [3.05, 3.63) is 29.3 Å². The molecule has 1 aromatic carbocycles. The molecule has 2 heteroatoms. The van der Waals surface area contributed by atoms with Crippen molar-refractivity contribution in [2.75, 3.05) is 11.4 Å². The van der Waals surface area contributed by atoms with Gasteiger partial charge in [-0.05, 0) is 57.4 Å². The molecule has 1 unspecified atom stereocenters. The summed E-state index contributed by atoms with van der Waals surface area (Å²) in [7, 11) is 0. The number of nitrogens with zero attached hydrogens (tertiary/aromatic N) is 1. The molecule has 16 heavy (non-hydrogen) atoms. The van der Waals surface area contributed by atoms with E-state index in [-0.39, 0.29) is 11.6 Å². The standard InChI is InChI=1S/C14H22N2/c1-10-7-11(2)9-12(8-10)16-6-5-13(15)14(16,3)4/h7-9,13H,5-6,15H2,1-4H3. The lowest BCUT2D eigenvalue weighted by atomic mass is 9.96. The Kier molecular flexibility index (Phi) is 2.70. The predicted octanol–water partition coefficient (Wildman–Crippen LogP) is 2.62. The van der Waals surface area contributed by atoms with E-state index in [0.29, 0.717) is 0 Å². The second kappa shape index (κ2) is 3.77. The zero-order chi connectivity index (χ0) is 11.9. The minimum Gasteiger partial charge on any atom is -0.365 e. The average molecular weight is 218 g/mol. The summed E-state index contributed by atoms with van der Waals surface area (Å²) < 4.78 is 0. The van der Waals surface area contributed by atoms with Crippen molar-refractivity contribution in [3.8, 4) is 0 Å². The van der Waals surface area contributed by atoms with Crippen molar-refractivity contribution in [1.82, 2.24) is 0 Å². The molecule has 0 bridgehead atoms. The zero-order valence-electron chi connectivity index (χ0n) is 10.7. The van der Waals surface area contributed by atoms with E-state index >= 15 is 0 Å². The van der Waals surface area contributed by atoms with Crippen molar-refractivity contribution < 1.29 is 0 Å². The molecule has 1 saturated heterocycles. The molecule has 0 radical (unpaired) electrons. The fraction of sp³-hybridized carbons (Fsp3) is 0.571. The second-order valence-corrected chi connectivity index (χ2v) is 5.55. The molecule has 1 aromatic rings. The van der Waals surface area contributed by atoms with Crippen LogP contribution in [0.4, 0.5) is 5.69 Å². The van der Waals surface area contributed by atoms with Gasteiger partial charge in [-0.15, -0.1) is 0 Å². The Balaban J connectivity index is 2.38. The quantitative estimate of drug-likeness (QED) is 0.785. The Morgan fingerprint density at radius 3 is 2.19 bits per heavy atom. The van der Waals surface area contributed by atoms with Crippen molar-refractivity contribution in [3.63, 3.8) is 0 Å². The third-order valence-corrected chi connectivity index (χ3v) is 3.78. The molecule has 2 nitrogen and oxygen atoms in total. The van der Waals surface area contributed by atoms with Crippen LogP contribution < -0.4 is 10.6 Å². The van der Waals surface area contributed by atoms with Crippen LogP contribution in [0.5, 0.6) is 0 Å². The van der Waals surface area contributed by atoms with Crippen LogP contribution in [0.1, 0.15) is 31.4 Å². The van der Waals surface area contributed by atoms with Gasteiger partial charge >= 0.3 is 0 Å². The maximum Gasteiger partial charge on any atom is 0.0497 e. The normalized spacial score (nSPS) is 23.8. The van der Waals surface area contributed by atoms with E-state index in [9.17, 15) is 0 Å². The Hall–Kier alpha value is -1.02. The minimum atomic E-state index is 0.0697. The molecule has 1 fully saturated rings. The molecule has 0 saturated carbocycles. The van der Waals surface area contributed by atoms with Crippen LogP contribution in [-0.2, 0) is 0 Å². The van der Waals surface area contributed by atoms with Crippen molar-refractivity contribution in [2.45, 2.75) is 45.7 Å². The Morgan fingerprint density at radius 1 is 1.19 bits per heavy atom. The van der Waals surface area contributed by atoms with Crippen LogP contribution in [-0.4, -0.2) is 18.1 Å². The first-order valence-corrected chi connectivity index (χ1v) is 6.03. The Bertz CT molecular complexity index is 375. The molecule has 0 aromatic heterocycles. The van der Waals surface area contributed by atoms with Crippen LogP contribution in [0, 0.1) is 13.8 Å². The van der Waals surface area contributed by atoms with Gasteiger partial charge in [0.05, 0.1) is 0 Å². The van der Waals surface area contributed by atoms with Gasteiger partial charge in [-0.3, -0.25) is 0 Å². The highest BCUT2D eigenvalue weighted by Crippen LogP contribution is 2.33. The number of nitrogens with two attached hydrogens (primary N) is 1. The molecular formula is C14H22N2. The second-order valence-electron chi connectivity index (χ2n) is 5.55. The van der Waals surface area contributed by atoms with Gasteiger partial charge in [0.2, 0.25) is 0 Å². The smallest absolute Gasteiger partial charge is 0.0497 e. The molecule has 1 heterocycles. The molecule has 1 atom stereocenters. The molecule has 0 spiro atoms. The van der Waals surface area contributed by atoms with E-state index < -0.39 is 0 Å². The molecule has 1 aliphatic heterocycles.